The molecule has 114 valence electrons. The molecule has 0 aromatic heterocycles. The number of carbonyl (C=O) groups excluding carboxylic acids is 2. The zero-order chi connectivity index (χ0) is 15.2. The molecular formula is C16H23N3O2. The summed E-state index contributed by atoms with van der Waals surface area (Å²) in [5.41, 5.74) is 2.45. The molecule has 0 radical (unpaired) electrons. The van der Waals surface area contributed by atoms with Gasteiger partial charge in [0.15, 0.2) is 0 Å². The third-order valence-electron chi connectivity index (χ3n) is 3.71. The average Bonchev–Trinajstić information content (AvgIpc) is 2.51. The SMILES string of the molecule is CCCNC(=O)CN(C)C(=O)[C@@H]1Cc2ccccc2CN1. The van der Waals surface area contributed by atoms with Gasteiger partial charge in [0.25, 0.3) is 0 Å². The quantitative estimate of drug-likeness (QED) is 0.838. The molecule has 0 aliphatic carbocycles. The van der Waals surface area contributed by atoms with Crippen molar-refractivity contribution < 1.29 is 9.59 Å². The van der Waals surface area contributed by atoms with Crippen LogP contribution in [-0.2, 0) is 22.6 Å². The van der Waals surface area contributed by atoms with E-state index in [-0.39, 0.29) is 24.4 Å². The number of hydrogen-bond donors (Lipinski definition) is 2. The molecule has 2 amide bonds. The van der Waals surface area contributed by atoms with Gasteiger partial charge < -0.3 is 15.5 Å². The molecule has 1 aromatic rings. The fraction of sp³-hybridized carbons (Fsp3) is 0.500. The van der Waals surface area contributed by atoms with Gasteiger partial charge in [0, 0.05) is 20.1 Å². The van der Waals surface area contributed by atoms with Crippen LogP contribution in [-0.4, -0.2) is 42.9 Å². The minimum absolute atomic E-state index is 0.0313. The van der Waals surface area contributed by atoms with Crippen LogP contribution >= 0.6 is 0 Å². The monoisotopic (exact) mass is 289 g/mol. The maximum Gasteiger partial charge on any atom is 0.240 e. The van der Waals surface area contributed by atoms with Crippen molar-refractivity contribution >= 4 is 11.8 Å². The Morgan fingerprint density at radius 1 is 1.33 bits per heavy atom. The lowest BCUT2D eigenvalue weighted by molar-refractivity contribution is -0.136. The first-order valence-corrected chi connectivity index (χ1v) is 7.43. The Morgan fingerprint density at radius 3 is 2.76 bits per heavy atom. The molecule has 5 nitrogen and oxygen atoms in total. The van der Waals surface area contributed by atoms with Crippen LogP contribution < -0.4 is 10.6 Å². The van der Waals surface area contributed by atoms with Crippen molar-refractivity contribution in [3.8, 4) is 0 Å². The largest absolute Gasteiger partial charge is 0.355 e. The first-order chi connectivity index (χ1) is 10.1. The van der Waals surface area contributed by atoms with Gasteiger partial charge in [-0.2, -0.15) is 0 Å². The van der Waals surface area contributed by atoms with Gasteiger partial charge in [0.05, 0.1) is 12.6 Å². The molecular weight excluding hydrogens is 266 g/mol. The summed E-state index contributed by atoms with van der Waals surface area (Å²) in [5.74, 6) is -0.139. The predicted molar refractivity (Wildman–Crippen MR) is 81.7 cm³/mol. The minimum Gasteiger partial charge on any atom is -0.355 e. The Bertz CT molecular complexity index is 516. The number of carbonyl (C=O) groups is 2. The van der Waals surface area contributed by atoms with Crippen molar-refractivity contribution in [2.75, 3.05) is 20.1 Å². The lowest BCUT2D eigenvalue weighted by Crippen LogP contribution is -2.50. The highest BCUT2D eigenvalue weighted by Gasteiger charge is 2.26. The van der Waals surface area contributed by atoms with Crippen LogP contribution in [0.5, 0.6) is 0 Å². The number of nitrogens with one attached hydrogen (secondary N) is 2. The van der Waals surface area contributed by atoms with Gasteiger partial charge in [0.2, 0.25) is 11.8 Å². The van der Waals surface area contributed by atoms with Crippen molar-refractivity contribution in [1.29, 1.82) is 0 Å². The third-order valence-corrected chi connectivity index (χ3v) is 3.71. The van der Waals surface area contributed by atoms with E-state index in [4.69, 9.17) is 0 Å². The van der Waals surface area contributed by atoms with Crippen LogP contribution in [0.25, 0.3) is 0 Å². The Kier molecular flexibility index (Phi) is 5.33. The summed E-state index contributed by atoms with van der Waals surface area (Å²) in [5, 5.41) is 6.03. The molecule has 0 saturated carbocycles. The lowest BCUT2D eigenvalue weighted by atomic mass is 9.95. The molecule has 1 atom stereocenters. The molecule has 1 aromatic carbocycles. The highest BCUT2D eigenvalue weighted by Crippen LogP contribution is 2.17. The summed E-state index contributed by atoms with van der Waals surface area (Å²) in [6.07, 6.45) is 1.57. The molecule has 0 bridgehead atoms. The number of rotatable bonds is 5. The number of amides is 2. The third kappa shape index (κ3) is 4.04. The summed E-state index contributed by atoms with van der Waals surface area (Å²) < 4.78 is 0. The smallest absolute Gasteiger partial charge is 0.240 e. The number of benzene rings is 1. The predicted octanol–water partition coefficient (Wildman–Crippen LogP) is 0.686. The lowest BCUT2D eigenvalue weighted by Gasteiger charge is -2.28. The maximum atomic E-state index is 12.4. The second-order valence-corrected chi connectivity index (χ2v) is 5.45. The second kappa shape index (κ2) is 7.22. The number of nitrogens with zero attached hydrogens (tertiary/aromatic N) is 1. The summed E-state index contributed by atoms with van der Waals surface area (Å²) in [4.78, 5) is 25.6. The summed E-state index contributed by atoms with van der Waals surface area (Å²) in [6, 6.07) is 7.89. The van der Waals surface area contributed by atoms with Crippen molar-refractivity contribution in [3.05, 3.63) is 35.4 Å². The highest BCUT2D eigenvalue weighted by molar-refractivity contribution is 5.87. The number of likely N-dealkylation sites (N-methyl/N-ethyl adjacent to an activating group) is 1. The zero-order valence-electron chi connectivity index (χ0n) is 12.7. The van der Waals surface area contributed by atoms with E-state index in [0.29, 0.717) is 19.5 Å². The van der Waals surface area contributed by atoms with Crippen LogP contribution in [0.4, 0.5) is 0 Å². The van der Waals surface area contributed by atoms with Gasteiger partial charge >= 0.3 is 0 Å². The van der Waals surface area contributed by atoms with E-state index in [1.165, 1.54) is 16.0 Å². The van der Waals surface area contributed by atoms with Crippen LogP contribution in [0.1, 0.15) is 24.5 Å². The molecule has 1 aliphatic heterocycles. The van der Waals surface area contributed by atoms with Crippen molar-refractivity contribution in [3.63, 3.8) is 0 Å². The molecule has 2 N–H and O–H groups in total. The van der Waals surface area contributed by atoms with E-state index in [1.54, 1.807) is 7.05 Å². The fourth-order valence-electron chi connectivity index (χ4n) is 2.51. The summed E-state index contributed by atoms with van der Waals surface area (Å²) >= 11 is 0. The van der Waals surface area contributed by atoms with Crippen LogP contribution in [0, 0.1) is 0 Å². The van der Waals surface area contributed by atoms with E-state index in [0.717, 1.165) is 6.42 Å². The van der Waals surface area contributed by atoms with Crippen molar-refractivity contribution in [2.45, 2.75) is 32.4 Å². The van der Waals surface area contributed by atoms with Crippen LogP contribution in [0.3, 0.4) is 0 Å². The van der Waals surface area contributed by atoms with E-state index in [2.05, 4.69) is 22.8 Å². The Labute approximate surface area is 125 Å². The highest BCUT2D eigenvalue weighted by atomic mass is 16.2. The Hall–Kier alpha value is -1.88. The van der Waals surface area contributed by atoms with Gasteiger partial charge in [-0.1, -0.05) is 31.2 Å². The minimum atomic E-state index is -0.246. The van der Waals surface area contributed by atoms with Gasteiger partial charge in [0.1, 0.15) is 0 Å². The first kappa shape index (κ1) is 15.5. The fourth-order valence-corrected chi connectivity index (χ4v) is 2.51. The summed E-state index contributed by atoms with van der Waals surface area (Å²) in [6.45, 7) is 3.45. The molecule has 0 fully saturated rings. The number of hydrogen-bond acceptors (Lipinski definition) is 3. The molecule has 1 heterocycles. The molecule has 5 heteroatoms. The Morgan fingerprint density at radius 2 is 2.05 bits per heavy atom. The van der Waals surface area contributed by atoms with E-state index in [1.807, 2.05) is 19.1 Å². The van der Waals surface area contributed by atoms with E-state index >= 15 is 0 Å². The number of fused-ring (bicyclic) bond motifs is 1. The first-order valence-electron chi connectivity index (χ1n) is 7.43. The molecule has 0 unspecified atom stereocenters. The summed E-state index contributed by atoms with van der Waals surface area (Å²) in [7, 11) is 1.68. The average molecular weight is 289 g/mol. The topological polar surface area (TPSA) is 61.4 Å². The van der Waals surface area contributed by atoms with Crippen LogP contribution in [0.2, 0.25) is 0 Å². The molecule has 2 rings (SSSR count). The normalized spacial score (nSPS) is 17.0. The van der Waals surface area contributed by atoms with Gasteiger partial charge in [-0.15, -0.1) is 0 Å². The standard InChI is InChI=1S/C16H23N3O2/c1-3-8-17-15(20)11-19(2)16(21)14-9-12-6-4-5-7-13(12)10-18-14/h4-7,14,18H,3,8-11H2,1-2H3,(H,17,20)/t14-/m0/s1. The molecule has 1 aliphatic rings. The molecule has 0 saturated heterocycles. The second-order valence-electron chi connectivity index (χ2n) is 5.45. The van der Waals surface area contributed by atoms with Gasteiger partial charge in [-0.05, 0) is 24.0 Å². The van der Waals surface area contributed by atoms with E-state index in [9.17, 15) is 9.59 Å². The van der Waals surface area contributed by atoms with Crippen molar-refractivity contribution in [1.82, 2.24) is 15.5 Å². The van der Waals surface area contributed by atoms with Gasteiger partial charge in [-0.3, -0.25) is 9.59 Å². The van der Waals surface area contributed by atoms with Crippen molar-refractivity contribution in [2.24, 2.45) is 0 Å². The maximum absolute atomic E-state index is 12.4. The van der Waals surface area contributed by atoms with E-state index < -0.39 is 0 Å². The molecule has 21 heavy (non-hydrogen) atoms. The molecule has 0 spiro atoms. The van der Waals surface area contributed by atoms with Gasteiger partial charge in [-0.25, -0.2) is 0 Å². The van der Waals surface area contributed by atoms with Crippen LogP contribution in [0.15, 0.2) is 24.3 Å². The zero-order valence-corrected chi connectivity index (χ0v) is 12.7. The Balaban J connectivity index is 1.90.